The van der Waals surface area contributed by atoms with Crippen LogP contribution in [0.1, 0.15) is 67.5 Å². The van der Waals surface area contributed by atoms with E-state index in [4.69, 9.17) is 15.8 Å². The molecule has 7 nitrogen and oxygen atoms in total. The molecule has 160 valence electrons. The number of rotatable bonds is 7. The third-order valence-corrected chi connectivity index (χ3v) is 6.93. The van der Waals surface area contributed by atoms with Crippen molar-refractivity contribution in [1.29, 1.82) is 0 Å². The molecule has 9 heteroatoms. The molecule has 0 radical (unpaired) electrons. The molecule has 0 aliphatic heterocycles. The van der Waals surface area contributed by atoms with E-state index < -0.39 is 0 Å². The van der Waals surface area contributed by atoms with Crippen LogP contribution in [0.2, 0.25) is 0 Å². The van der Waals surface area contributed by atoms with Crippen LogP contribution in [0.4, 0.5) is 0 Å². The predicted molar refractivity (Wildman–Crippen MR) is 129 cm³/mol. The molecule has 0 spiro atoms. The maximum atomic E-state index is 5.46. The molecule has 0 fully saturated rings. The fourth-order valence-electron chi connectivity index (χ4n) is 3.80. The van der Waals surface area contributed by atoms with Crippen LogP contribution < -0.4 is 5.73 Å². The number of nitrogens with zero attached hydrogens (tertiary/aromatic N) is 6. The van der Waals surface area contributed by atoms with Crippen LogP contribution in [0, 0.1) is 13.8 Å². The third-order valence-electron chi connectivity index (χ3n) is 5.02. The zero-order chi connectivity index (χ0) is 21.8. The Balaban J connectivity index is 2.22. The van der Waals surface area contributed by atoms with E-state index in [9.17, 15) is 0 Å². The second-order valence-corrected chi connectivity index (χ2v) is 9.01. The first-order valence-corrected chi connectivity index (χ1v) is 11.8. The van der Waals surface area contributed by atoms with Crippen molar-refractivity contribution in [2.75, 3.05) is 7.05 Å². The molecule has 0 aromatic carbocycles. The number of hydrogen-bond acceptors (Lipinski definition) is 5. The average molecular weight is 490 g/mol. The van der Waals surface area contributed by atoms with Crippen LogP contribution >= 0.6 is 27.3 Å². The Kier molecular flexibility index (Phi) is 7.36. The normalized spacial score (nSPS) is 12.7. The van der Waals surface area contributed by atoms with Crippen LogP contribution in [-0.2, 0) is 0 Å². The van der Waals surface area contributed by atoms with E-state index in [2.05, 4.69) is 57.7 Å². The van der Waals surface area contributed by atoms with Gasteiger partial charge in [-0.05, 0) is 48.7 Å². The maximum Gasteiger partial charge on any atom is 0.185 e. The Bertz CT molecular complexity index is 1090. The molecule has 0 unspecified atom stereocenters. The van der Waals surface area contributed by atoms with Gasteiger partial charge in [0.15, 0.2) is 16.5 Å². The van der Waals surface area contributed by atoms with E-state index in [0.29, 0.717) is 16.8 Å². The monoisotopic (exact) mass is 489 g/mol. The summed E-state index contributed by atoms with van der Waals surface area (Å²) in [5.74, 6) is 0.967. The molecule has 0 aliphatic carbocycles. The van der Waals surface area contributed by atoms with Crippen LogP contribution in [0.3, 0.4) is 0 Å². The highest BCUT2D eigenvalue weighted by Gasteiger charge is 2.24. The number of hydrogen-bond donors (Lipinski definition) is 1. The van der Waals surface area contributed by atoms with E-state index in [1.165, 1.54) is 23.4 Å². The van der Waals surface area contributed by atoms with E-state index in [0.717, 1.165) is 57.8 Å². The largest absolute Gasteiger partial charge is 0.390 e. The van der Waals surface area contributed by atoms with E-state index >= 15 is 0 Å². The molecule has 0 saturated carbocycles. The first-order valence-electron chi connectivity index (χ1n) is 10.2. The maximum absolute atomic E-state index is 5.46. The van der Waals surface area contributed by atoms with Gasteiger partial charge in [-0.2, -0.15) is 5.10 Å². The lowest BCUT2D eigenvalue weighted by molar-refractivity contribution is 0.533. The molecule has 3 heterocycles. The van der Waals surface area contributed by atoms with Gasteiger partial charge in [0, 0.05) is 24.4 Å². The summed E-state index contributed by atoms with van der Waals surface area (Å²) < 4.78 is 2.77. The van der Waals surface area contributed by atoms with Gasteiger partial charge in [-0.1, -0.05) is 26.7 Å². The summed E-state index contributed by atoms with van der Waals surface area (Å²) in [4.78, 5) is 18.8. The number of thiazole rings is 1. The van der Waals surface area contributed by atoms with Crippen molar-refractivity contribution in [2.45, 2.75) is 59.3 Å². The summed E-state index contributed by atoms with van der Waals surface area (Å²) in [6.07, 6.45) is 5.80. The lowest BCUT2D eigenvalue weighted by Crippen LogP contribution is -2.08. The van der Waals surface area contributed by atoms with Gasteiger partial charge in [-0.15, -0.1) is 11.3 Å². The SMILES string of the molecule is CCCC(CCC)c1cc(C)nc2c(-c3sc(C(N=CN)=NC)nc3Br)c(C)nn12. The fourth-order valence-corrected chi connectivity index (χ4v) is 5.57. The molecular weight excluding hydrogens is 462 g/mol. The molecule has 0 aliphatic rings. The van der Waals surface area contributed by atoms with Crippen molar-refractivity contribution in [3.63, 3.8) is 0 Å². The Labute approximate surface area is 189 Å². The molecule has 0 bridgehead atoms. The van der Waals surface area contributed by atoms with Gasteiger partial charge in [0.05, 0.1) is 22.5 Å². The molecule has 30 heavy (non-hydrogen) atoms. The number of halogens is 1. The number of amidine groups is 1. The minimum Gasteiger partial charge on any atom is -0.390 e. The van der Waals surface area contributed by atoms with Crippen molar-refractivity contribution in [3.8, 4) is 10.4 Å². The number of fused-ring (bicyclic) bond motifs is 1. The molecule has 0 saturated heterocycles. The Morgan fingerprint density at radius 1 is 1.27 bits per heavy atom. The van der Waals surface area contributed by atoms with E-state index in [1.807, 2.05) is 11.4 Å². The summed E-state index contributed by atoms with van der Waals surface area (Å²) in [5.41, 5.74) is 10.5. The molecule has 0 amide bonds. The average Bonchev–Trinajstić information content (AvgIpc) is 3.24. The third kappa shape index (κ3) is 4.32. The summed E-state index contributed by atoms with van der Waals surface area (Å²) in [5, 5.41) is 5.60. The molecule has 3 rings (SSSR count). The minimum absolute atomic E-state index is 0.467. The van der Waals surface area contributed by atoms with Crippen molar-refractivity contribution >= 4 is 45.1 Å². The zero-order valence-electron chi connectivity index (χ0n) is 18.1. The van der Waals surface area contributed by atoms with Gasteiger partial charge < -0.3 is 5.73 Å². The van der Waals surface area contributed by atoms with Crippen molar-refractivity contribution in [3.05, 3.63) is 32.8 Å². The summed E-state index contributed by atoms with van der Waals surface area (Å²) in [6, 6.07) is 2.18. The van der Waals surface area contributed by atoms with E-state index in [1.54, 1.807) is 7.05 Å². The molecule has 3 aromatic rings. The van der Waals surface area contributed by atoms with Crippen LogP contribution in [0.5, 0.6) is 0 Å². The van der Waals surface area contributed by atoms with Gasteiger partial charge in [0.2, 0.25) is 0 Å². The van der Waals surface area contributed by atoms with E-state index in [-0.39, 0.29) is 0 Å². The molecule has 2 N–H and O–H groups in total. The highest BCUT2D eigenvalue weighted by atomic mass is 79.9. The zero-order valence-corrected chi connectivity index (χ0v) is 20.5. The number of aliphatic imine (C=N–C) groups is 2. The number of nitrogens with two attached hydrogens (primary N) is 1. The van der Waals surface area contributed by atoms with Gasteiger partial charge in [0.25, 0.3) is 0 Å². The first kappa shape index (κ1) is 22.6. The Morgan fingerprint density at radius 3 is 2.57 bits per heavy atom. The highest BCUT2D eigenvalue weighted by molar-refractivity contribution is 9.10. The second-order valence-electron chi connectivity index (χ2n) is 7.26. The van der Waals surface area contributed by atoms with Crippen molar-refractivity contribution in [1.82, 2.24) is 19.6 Å². The molecule has 3 aromatic heterocycles. The predicted octanol–water partition coefficient (Wildman–Crippen LogP) is 5.28. The lowest BCUT2D eigenvalue weighted by Gasteiger charge is -2.17. The fraction of sp³-hybridized carbons (Fsp3) is 0.476. The Morgan fingerprint density at radius 2 is 1.97 bits per heavy atom. The molecule has 0 atom stereocenters. The number of aromatic nitrogens is 4. The van der Waals surface area contributed by atoms with Crippen molar-refractivity contribution < 1.29 is 0 Å². The topological polar surface area (TPSA) is 93.8 Å². The summed E-state index contributed by atoms with van der Waals surface area (Å²) >= 11 is 5.13. The van der Waals surface area contributed by atoms with Crippen LogP contribution in [-0.4, -0.2) is 38.8 Å². The summed E-state index contributed by atoms with van der Waals surface area (Å²) in [6.45, 7) is 8.55. The van der Waals surface area contributed by atoms with Crippen LogP contribution in [0.25, 0.3) is 16.1 Å². The highest BCUT2D eigenvalue weighted by Crippen LogP contribution is 2.39. The second kappa shape index (κ2) is 9.78. The van der Waals surface area contributed by atoms with Crippen molar-refractivity contribution in [2.24, 2.45) is 15.7 Å². The Hall–Kier alpha value is -2.13. The summed E-state index contributed by atoms with van der Waals surface area (Å²) in [7, 11) is 1.68. The first-order chi connectivity index (χ1) is 14.4. The standard InChI is InChI=1S/C21H28BrN7S/c1-6-8-14(9-7-2)15-10-12(3)26-20-16(13(4)28-29(15)20)17-18(22)27-21(30-17)19(24-5)25-11-23/h10-11,14H,6-9H2,1-5H3,(H2,23,24,25). The van der Waals surface area contributed by atoms with Gasteiger partial charge in [-0.3, -0.25) is 4.99 Å². The minimum atomic E-state index is 0.467. The van der Waals surface area contributed by atoms with Gasteiger partial charge >= 0.3 is 0 Å². The quantitative estimate of drug-likeness (QED) is 0.360. The van der Waals surface area contributed by atoms with Gasteiger partial charge in [-0.25, -0.2) is 19.5 Å². The lowest BCUT2D eigenvalue weighted by atomic mass is 9.94. The van der Waals surface area contributed by atoms with Gasteiger partial charge in [0.1, 0.15) is 4.60 Å². The smallest absolute Gasteiger partial charge is 0.185 e. The van der Waals surface area contributed by atoms with Crippen LogP contribution in [0.15, 0.2) is 20.7 Å². The molecular formula is C21H28BrN7S. The number of aryl methyl sites for hydroxylation is 2.